The van der Waals surface area contributed by atoms with E-state index in [1.54, 1.807) is 60.7 Å². The van der Waals surface area contributed by atoms with Crippen molar-refractivity contribution in [1.82, 2.24) is 10.2 Å². The van der Waals surface area contributed by atoms with Gasteiger partial charge in [0.05, 0.1) is 25.3 Å². The highest BCUT2D eigenvalue weighted by Crippen LogP contribution is 2.45. The zero-order chi connectivity index (χ0) is 31.4. The van der Waals surface area contributed by atoms with Gasteiger partial charge in [-0.05, 0) is 47.7 Å². The summed E-state index contributed by atoms with van der Waals surface area (Å²) in [5, 5.41) is 21.2. The number of carbonyl (C=O) groups excluding carboxylic acids is 2. The molecule has 8 nitrogen and oxygen atoms in total. The molecule has 0 spiro atoms. The van der Waals surface area contributed by atoms with Crippen molar-refractivity contribution in [3.8, 4) is 11.5 Å². The Hall–Kier alpha value is -3.57. The number of hydrogen-bond acceptors (Lipinski definition) is 9. The van der Waals surface area contributed by atoms with Crippen molar-refractivity contribution in [3.05, 3.63) is 99.0 Å². The molecule has 2 heterocycles. The van der Waals surface area contributed by atoms with Gasteiger partial charge in [0.2, 0.25) is 5.13 Å². The first kappa shape index (κ1) is 31.8. The maximum absolute atomic E-state index is 13.6. The quantitative estimate of drug-likeness (QED) is 0.0561. The number of methoxy groups -OCH3 is 1. The summed E-state index contributed by atoms with van der Waals surface area (Å²) in [5.41, 5.74) is 1.74. The van der Waals surface area contributed by atoms with E-state index < -0.39 is 17.7 Å². The van der Waals surface area contributed by atoms with Gasteiger partial charge in [0.25, 0.3) is 5.78 Å². The number of ketones is 1. The van der Waals surface area contributed by atoms with E-state index in [0.29, 0.717) is 55.3 Å². The van der Waals surface area contributed by atoms with Crippen molar-refractivity contribution in [2.45, 2.75) is 36.4 Å². The molecular formula is C32H29Cl2N3O5S2. The van der Waals surface area contributed by atoms with Crippen molar-refractivity contribution >= 4 is 68.9 Å². The highest BCUT2D eigenvalue weighted by atomic mass is 35.5. The molecule has 1 N–H and O–H groups in total. The van der Waals surface area contributed by atoms with Gasteiger partial charge in [0.15, 0.2) is 15.8 Å². The van der Waals surface area contributed by atoms with Crippen molar-refractivity contribution < 1.29 is 24.2 Å². The Balaban J connectivity index is 1.53. The molecule has 1 aliphatic heterocycles. The number of carbonyl (C=O) groups is 2. The number of benzene rings is 3. The van der Waals surface area contributed by atoms with E-state index in [0.717, 1.165) is 23.3 Å². The first-order valence-electron chi connectivity index (χ1n) is 13.7. The second kappa shape index (κ2) is 14.0. The van der Waals surface area contributed by atoms with Crippen LogP contribution in [-0.4, -0.2) is 40.7 Å². The van der Waals surface area contributed by atoms with Crippen LogP contribution in [0.1, 0.15) is 43.0 Å². The number of ether oxygens (including phenoxy) is 2. The number of hydrogen-bond donors (Lipinski definition) is 1. The molecule has 44 heavy (non-hydrogen) atoms. The third kappa shape index (κ3) is 6.89. The molecular weight excluding hydrogens is 641 g/mol. The third-order valence-corrected chi connectivity index (χ3v) is 9.61. The number of aliphatic hydroxyl groups excluding tert-OH is 1. The zero-order valence-electron chi connectivity index (χ0n) is 24.1. The normalized spacial score (nSPS) is 16.1. The van der Waals surface area contributed by atoms with Gasteiger partial charge in [0, 0.05) is 21.4 Å². The van der Waals surface area contributed by atoms with Gasteiger partial charge in [0.1, 0.15) is 5.76 Å². The van der Waals surface area contributed by atoms with E-state index in [1.807, 2.05) is 6.07 Å². The standard InChI is InChI=1S/C32H29Cl2N3O5S2/c1-18(2)13-14-42-24-12-10-20(15-25(24)41-3)27-26(28(38)19-7-5-4-6-8-19)29(39)30(40)37(27)31-35-36-32(44-31)43-17-21-9-11-22(33)16-23(21)34/h4-12,15-16,18,27,38H,13-14,17H2,1-3H3/b28-26-. The summed E-state index contributed by atoms with van der Waals surface area (Å²) in [6.45, 7) is 4.74. The van der Waals surface area contributed by atoms with Crippen molar-refractivity contribution in [1.29, 1.82) is 0 Å². The summed E-state index contributed by atoms with van der Waals surface area (Å²) in [6, 6.07) is 18.1. The summed E-state index contributed by atoms with van der Waals surface area (Å²) < 4.78 is 12.2. The van der Waals surface area contributed by atoms with Gasteiger partial charge in [-0.2, -0.15) is 0 Å². The number of anilines is 1. The zero-order valence-corrected chi connectivity index (χ0v) is 27.3. The number of aliphatic hydroxyl groups is 1. The van der Waals surface area contributed by atoms with E-state index in [4.69, 9.17) is 32.7 Å². The monoisotopic (exact) mass is 669 g/mol. The Morgan fingerprint density at radius 3 is 2.52 bits per heavy atom. The number of Topliss-reactive ketones (excluding diaryl/α,β-unsaturated/α-hetero) is 1. The molecule has 0 saturated carbocycles. The maximum atomic E-state index is 13.6. The fourth-order valence-corrected chi connectivity index (χ4v) is 7.04. The lowest BCUT2D eigenvalue weighted by molar-refractivity contribution is -0.132. The van der Waals surface area contributed by atoms with Gasteiger partial charge in [-0.1, -0.05) is 103 Å². The van der Waals surface area contributed by atoms with Gasteiger partial charge >= 0.3 is 5.91 Å². The molecule has 1 atom stereocenters. The highest BCUT2D eigenvalue weighted by Gasteiger charge is 2.48. The Morgan fingerprint density at radius 1 is 1.05 bits per heavy atom. The van der Waals surface area contributed by atoms with Crippen molar-refractivity contribution in [2.24, 2.45) is 5.92 Å². The van der Waals surface area contributed by atoms with Crippen molar-refractivity contribution in [3.63, 3.8) is 0 Å². The fraction of sp³-hybridized carbons (Fsp3) is 0.250. The molecule has 1 aromatic heterocycles. The third-order valence-electron chi connectivity index (χ3n) is 6.92. The second-order valence-electron chi connectivity index (χ2n) is 10.4. The minimum atomic E-state index is -0.995. The van der Waals surface area contributed by atoms with Crippen LogP contribution in [0.3, 0.4) is 0 Å². The number of aromatic nitrogens is 2. The van der Waals surface area contributed by atoms with E-state index >= 15 is 0 Å². The Kier molecular flexibility index (Phi) is 10.2. The average molecular weight is 671 g/mol. The molecule has 3 aromatic carbocycles. The summed E-state index contributed by atoms with van der Waals surface area (Å²) in [5.74, 6) is -0.00392. The summed E-state index contributed by atoms with van der Waals surface area (Å²) >= 11 is 14.9. The van der Waals surface area contributed by atoms with E-state index in [2.05, 4.69) is 24.0 Å². The highest BCUT2D eigenvalue weighted by molar-refractivity contribution is 8.00. The minimum absolute atomic E-state index is 0.0610. The van der Waals surface area contributed by atoms with Gasteiger partial charge < -0.3 is 14.6 Å². The molecule has 1 fully saturated rings. The lowest BCUT2D eigenvalue weighted by Gasteiger charge is -2.23. The van der Waals surface area contributed by atoms with Crippen LogP contribution in [0.5, 0.6) is 11.5 Å². The van der Waals surface area contributed by atoms with Crippen molar-refractivity contribution in [2.75, 3.05) is 18.6 Å². The Labute approximate surface area is 273 Å². The smallest absolute Gasteiger partial charge is 0.301 e. The molecule has 228 valence electrons. The molecule has 4 aromatic rings. The largest absolute Gasteiger partial charge is 0.507 e. The molecule has 1 aliphatic rings. The molecule has 1 unspecified atom stereocenters. The van der Waals surface area contributed by atoms with E-state index in [-0.39, 0.29) is 16.5 Å². The van der Waals surface area contributed by atoms with Crippen LogP contribution in [-0.2, 0) is 15.3 Å². The number of thioether (sulfide) groups is 1. The SMILES string of the molecule is COc1cc(C2/C(=C(/O)c3ccccc3)C(=O)C(=O)N2c2nnc(SCc3ccc(Cl)cc3Cl)s2)ccc1OCCC(C)C. The topological polar surface area (TPSA) is 102 Å². The number of halogens is 2. The van der Waals surface area contributed by atoms with Gasteiger partial charge in [-0.15, -0.1) is 10.2 Å². The molecule has 0 aliphatic carbocycles. The second-order valence-corrected chi connectivity index (χ2v) is 13.4. The van der Waals surface area contributed by atoms with Crippen LogP contribution in [0.4, 0.5) is 5.13 Å². The average Bonchev–Trinajstić information content (AvgIpc) is 3.58. The number of amides is 1. The predicted octanol–water partition coefficient (Wildman–Crippen LogP) is 8.20. The maximum Gasteiger partial charge on any atom is 0.301 e. The first-order chi connectivity index (χ1) is 21.2. The van der Waals surface area contributed by atoms with Crippen LogP contribution in [0.2, 0.25) is 10.0 Å². The Morgan fingerprint density at radius 2 is 1.82 bits per heavy atom. The molecule has 0 bridgehead atoms. The predicted molar refractivity (Wildman–Crippen MR) is 175 cm³/mol. The minimum Gasteiger partial charge on any atom is -0.507 e. The summed E-state index contributed by atoms with van der Waals surface area (Å²) in [7, 11) is 1.52. The number of nitrogens with zero attached hydrogens (tertiary/aromatic N) is 3. The molecule has 5 rings (SSSR count). The van der Waals surface area contributed by atoms with Gasteiger partial charge in [-0.25, -0.2) is 0 Å². The van der Waals surface area contributed by atoms with Gasteiger partial charge in [-0.3, -0.25) is 14.5 Å². The molecule has 1 amide bonds. The number of rotatable bonds is 11. The first-order valence-corrected chi connectivity index (χ1v) is 16.3. The fourth-order valence-electron chi connectivity index (χ4n) is 4.61. The van der Waals surface area contributed by atoms with E-state index in [1.165, 1.54) is 23.8 Å². The lowest BCUT2D eigenvalue weighted by Crippen LogP contribution is -2.29. The molecule has 12 heteroatoms. The van der Waals surface area contributed by atoms with E-state index in [9.17, 15) is 14.7 Å². The van der Waals surface area contributed by atoms with Crippen LogP contribution in [0.15, 0.2) is 76.6 Å². The molecule has 0 radical (unpaired) electrons. The van der Waals surface area contributed by atoms with Crippen LogP contribution < -0.4 is 14.4 Å². The Bertz CT molecular complexity index is 1710. The summed E-state index contributed by atoms with van der Waals surface area (Å²) in [6.07, 6.45) is 0.865. The molecule has 1 saturated heterocycles. The van der Waals surface area contributed by atoms with Crippen LogP contribution >= 0.6 is 46.3 Å². The summed E-state index contributed by atoms with van der Waals surface area (Å²) in [4.78, 5) is 28.4. The van der Waals surface area contributed by atoms with Crippen LogP contribution in [0.25, 0.3) is 5.76 Å². The van der Waals surface area contributed by atoms with Crippen LogP contribution in [0, 0.1) is 5.92 Å². The lowest BCUT2D eigenvalue weighted by atomic mass is 9.95.